The Kier molecular flexibility index (Phi) is 6.69. The maximum absolute atomic E-state index is 10.8. The zero-order valence-electron chi connectivity index (χ0n) is 14.7. The van der Waals surface area contributed by atoms with Gasteiger partial charge in [-0.05, 0) is 34.4 Å². The summed E-state index contributed by atoms with van der Waals surface area (Å²) in [4.78, 5) is 20.9. The van der Waals surface area contributed by atoms with Crippen LogP contribution >= 0.6 is 23.2 Å². The second kappa shape index (κ2) is 9.40. The molecule has 0 heterocycles. The highest BCUT2D eigenvalue weighted by molar-refractivity contribution is 6.61. The van der Waals surface area contributed by atoms with Crippen LogP contribution in [-0.2, 0) is 4.74 Å². The number of hydrogen-bond acceptors (Lipinski definition) is 4. The molecule has 0 aliphatic heterocycles. The molecule has 0 unspecified atom stereocenters. The molecule has 4 rings (SSSR count). The summed E-state index contributed by atoms with van der Waals surface area (Å²) in [7, 11) is 0. The van der Waals surface area contributed by atoms with Gasteiger partial charge in [-0.15, -0.1) is 0 Å². The van der Waals surface area contributed by atoms with E-state index in [0.29, 0.717) is 5.75 Å². The molecule has 3 aromatic rings. The number of hydrogen-bond donors (Lipinski definition) is 0. The Bertz CT molecular complexity index is 928. The van der Waals surface area contributed by atoms with Crippen LogP contribution in [0.4, 0.5) is 9.59 Å². The van der Waals surface area contributed by atoms with Crippen molar-refractivity contribution < 1.29 is 19.1 Å². The third-order valence-corrected chi connectivity index (χ3v) is 4.45. The van der Waals surface area contributed by atoms with Crippen LogP contribution in [0.25, 0.3) is 11.1 Å². The van der Waals surface area contributed by atoms with E-state index >= 15 is 0 Å². The summed E-state index contributed by atoms with van der Waals surface area (Å²) in [5, 5.41) is 0. The molecule has 0 spiro atoms. The Morgan fingerprint density at radius 3 is 1.71 bits per heavy atom. The van der Waals surface area contributed by atoms with Gasteiger partial charge in [-0.2, -0.15) is 0 Å². The van der Waals surface area contributed by atoms with Crippen LogP contribution < -0.4 is 4.74 Å². The molecule has 0 N–H and O–H groups in total. The number of halogens is 2. The zero-order chi connectivity index (χ0) is 19.9. The largest absolute Gasteiger partial charge is 0.453 e. The van der Waals surface area contributed by atoms with Crippen molar-refractivity contribution in [2.75, 3.05) is 6.61 Å². The van der Waals surface area contributed by atoms with Gasteiger partial charge >= 0.3 is 10.9 Å². The molecule has 1 aliphatic carbocycles. The van der Waals surface area contributed by atoms with Gasteiger partial charge in [0.15, 0.2) is 0 Å². The first-order chi connectivity index (χ1) is 13.6. The molecule has 3 aromatic carbocycles. The van der Waals surface area contributed by atoms with E-state index in [-0.39, 0.29) is 12.5 Å². The molecular weight excluding hydrogens is 399 g/mol. The summed E-state index contributed by atoms with van der Waals surface area (Å²) in [5.41, 5.74) is 3.24. The molecule has 0 saturated carbocycles. The smallest absolute Gasteiger partial charge is 0.409 e. The predicted molar refractivity (Wildman–Crippen MR) is 109 cm³/mol. The summed E-state index contributed by atoms with van der Waals surface area (Å²) < 4.78 is 9.51. The number of rotatable bonds is 3. The van der Waals surface area contributed by atoms with Crippen LogP contribution in [-0.4, -0.2) is 17.5 Å². The highest BCUT2D eigenvalue weighted by Gasteiger charge is 2.28. The Labute approximate surface area is 172 Å². The summed E-state index contributed by atoms with van der Waals surface area (Å²) in [6.07, 6.45) is 0. The minimum absolute atomic E-state index is 0.0834. The van der Waals surface area contributed by atoms with Crippen molar-refractivity contribution in [1.29, 1.82) is 0 Å². The van der Waals surface area contributed by atoms with Crippen LogP contribution in [0.5, 0.6) is 5.75 Å². The Balaban J connectivity index is 0.000000192. The molecule has 1 aliphatic rings. The lowest BCUT2D eigenvalue weighted by atomic mass is 9.98. The summed E-state index contributed by atoms with van der Waals surface area (Å²) in [6.45, 7) is 0.288. The van der Waals surface area contributed by atoms with E-state index in [4.69, 9.17) is 27.9 Å². The summed E-state index contributed by atoms with van der Waals surface area (Å²) in [5.74, 6) is 0.544. The highest BCUT2D eigenvalue weighted by atomic mass is 35.5. The lowest BCUT2D eigenvalue weighted by Gasteiger charge is -2.12. The second-order valence-electron chi connectivity index (χ2n) is 5.93. The van der Waals surface area contributed by atoms with Crippen molar-refractivity contribution in [2.45, 2.75) is 5.92 Å². The first kappa shape index (κ1) is 19.9. The van der Waals surface area contributed by atoms with E-state index in [1.54, 1.807) is 24.3 Å². The normalized spacial score (nSPS) is 11.5. The van der Waals surface area contributed by atoms with Gasteiger partial charge in [0, 0.05) is 29.1 Å². The van der Waals surface area contributed by atoms with Crippen LogP contribution in [0, 0.1) is 0 Å². The fraction of sp³-hybridized carbons (Fsp3) is 0.0909. The van der Waals surface area contributed by atoms with Crippen molar-refractivity contribution in [1.82, 2.24) is 0 Å². The molecule has 0 atom stereocenters. The average molecular weight is 415 g/mol. The molecule has 6 heteroatoms. The van der Waals surface area contributed by atoms with Gasteiger partial charge < -0.3 is 9.47 Å². The molecule has 28 heavy (non-hydrogen) atoms. The third-order valence-electron chi connectivity index (χ3n) is 4.27. The van der Waals surface area contributed by atoms with Crippen molar-refractivity contribution >= 4 is 34.1 Å². The lowest BCUT2D eigenvalue weighted by molar-refractivity contribution is 0.170. The number of benzene rings is 3. The molecule has 0 fully saturated rings. The van der Waals surface area contributed by atoms with E-state index in [2.05, 4.69) is 29.0 Å². The van der Waals surface area contributed by atoms with Crippen LogP contribution in [0.15, 0.2) is 78.9 Å². The lowest BCUT2D eigenvalue weighted by Crippen LogP contribution is -2.07. The number of fused-ring (bicyclic) bond motifs is 3. The van der Waals surface area contributed by atoms with Crippen LogP contribution in [0.3, 0.4) is 0 Å². The monoisotopic (exact) mass is 414 g/mol. The Morgan fingerprint density at radius 2 is 1.21 bits per heavy atom. The first-order valence-corrected chi connectivity index (χ1v) is 9.24. The first-order valence-electron chi connectivity index (χ1n) is 8.49. The number of carbonyl (C=O) groups is 2. The molecule has 0 bridgehead atoms. The van der Waals surface area contributed by atoms with Crippen molar-refractivity contribution in [2.24, 2.45) is 0 Å². The van der Waals surface area contributed by atoms with Gasteiger partial charge in [0.05, 0.1) is 0 Å². The molecular formula is C22H16Cl2O4. The van der Waals surface area contributed by atoms with E-state index in [0.717, 1.165) is 0 Å². The van der Waals surface area contributed by atoms with Gasteiger partial charge in [-0.25, -0.2) is 9.59 Å². The SMILES string of the molecule is O=C(Cl)OCC1c2ccccc2-c2ccccc21.O=C(Cl)Oc1ccccc1. The fourth-order valence-electron chi connectivity index (χ4n) is 3.17. The topological polar surface area (TPSA) is 52.6 Å². The van der Waals surface area contributed by atoms with Gasteiger partial charge in [0.2, 0.25) is 0 Å². The van der Waals surface area contributed by atoms with Crippen LogP contribution in [0.1, 0.15) is 17.0 Å². The van der Waals surface area contributed by atoms with Gasteiger partial charge in [0.1, 0.15) is 12.4 Å². The zero-order valence-corrected chi connectivity index (χ0v) is 16.2. The molecule has 0 radical (unpaired) electrons. The number of ether oxygens (including phenoxy) is 2. The standard InChI is InChI=1S/C15H11ClO2.C7H5ClO2/c16-15(17)18-9-14-12-7-3-1-5-10(12)11-6-2-4-8-13(11)14;8-7(9)10-6-4-2-1-3-5-6/h1-8,14H,9H2;1-5H. The summed E-state index contributed by atoms with van der Waals surface area (Å²) in [6, 6.07) is 25.0. The molecule has 4 nitrogen and oxygen atoms in total. The molecule has 0 aromatic heterocycles. The molecule has 0 amide bonds. The van der Waals surface area contributed by atoms with E-state index in [9.17, 15) is 9.59 Å². The van der Waals surface area contributed by atoms with E-state index in [1.165, 1.54) is 22.3 Å². The van der Waals surface area contributed by atoms with Gasteiger partial charge in [-0.3, -0.25) is 0 Å². The minimum Gasteiger partial charge on any atom is -0.453 e. The van der Waals surface area contributed by atoms with E-state index < -0.39 is 10.9 Å². The van der Waals surface area contributed by atoms with Crippen molar-refractivity contribution in [3.63, 3.8) is 0 Å². The quantitative estimate of drug-likeness (QED) is 0.453. The maximum atomic E-state index is 10.8. The maximum Gasteiger partial charge on any atom is 0.409 e. The highest BCUT2D eigenvalue weighted by Crippen LogP contribution is 2.44. The van der Waals surface area contributed by atoms with Crippen molar-refractivity contribution in [3.05, 3.63) is 90.0 Å². The van der Waals surface area contributed by atoms with Crippen LogP contribution in [0.2, 0.25) is 0 Å². The molecule has 142 valence electrons. The minimum atomic E-state index is -0.814. The average Bonchev–Trinajstić information content (AvgIpc) is 3.01. The Morgan fingerprint density at radius 1 is 0.714 bits per heavy atom. The third kappa shape index (κ3) is 4.91. The van der Waals surface area contributed by atoms with Gasteiger partial charge in [0.25, 0.3) is 0 Å². The summed E-state index contributed by atoms with van der Waals surface area (Å²) >= 11 is 10.2. The van der Waals surface area contributed by atoms with E-state index in [1.807, 2.05) is 30.3 Å². The Hall–Kier alpha value is -2.82. The fourth-order valence-corrected chi connectivity index (χ4v) is 3.32. The molecule has 0 saturated heterocycles. The number of para-hydroxylation sites is 1. The predicted octanol–water partition coefficient (Wildman–Crippen LogP) is 6.60. The van der Waals surface area contributed by atoms with Crippen molar-refractivity contribution in [3.8, 4) is 16.9 Å². The second-order valence-corrected chi connectivity index (χ2v) is 6.55. The van der Waals surface area contributed by atoms with Gasteiger partial charge in [-0.1, -0.05) is 66.7 Å². The number of carbonyl (C=O) groups excluding carboxylic acids is 2.